The van der Waals surface area contributed by atoms with Gasteiger partial charge in [-0.25, -0.2) is 8.42 Å². The van der Waals surface area contributed by atoms with Crippen LogP contribution in [0.25, 0.3) is 0 Å². The minimum Gasteiger partial charge on any atom is -0.339 e. The number of nitrogens with one attached hydrogen (secondary N) is 1. The zero-order valence-electron chi connectivity index (χ0n) is 18.1. The molecule has 1 N–H and O–H groups in total. The fraction of sp³-hybridized carbons (Fsp3) is 0.455. The third kappa shape index (κ3) is 5.34. The molecule has 0 bridgehead atoms. The summed E-state index contributed by atoms with van der Waals surface area (Å²) in [7, 11) is -3.59. The maximum absolute atomic E-state index is 12.9. The number of carbonyl (C=O) groups is 2. The molecule has 1 aliphatic rings. The molecule has 1 unspecified atom stereocenters. The van der Waals surface area contributed by atoms with Crippen molar-refractivity contribution in [1.29, 1.82) is 0 Å². The summed E-state index contributed by atoms with van der Waals surface area (Å²) in [6.07, 6.45) is 1.25. The maximum atomic E-state index is 12.9. The molecule has 2 aromatic rings. The number of piperidine rings is 1. The van der Waals surface area contributed by atoms with Crippen LogP contribution in [0.5, 0.6) is 0 Å². The Morgan fingerprint density at radius 2 is 1.94 bits per heavy atom. The van der Waals surface area contributed by atoms with Crippen LogP contribution in [0.15, 0.2) is 40.6 Å². The fourth-order valence-electron chi connectivity index (χ4n) is 3.72. The van der Waals surface area contributed by atoms with E-state index in [2.05, 4.69) is 5.32 Å². The predicted molar refractivity (Wildman–Crippen MR) is 123 cm³/mol. The number of aryl methyl sites for hydroxylation is 1. The summed E-state index contributed by atoms with van der Waals surface area (Å²) >= 11 is 1.24. The molecule has 1 atom stereocenters. The standard InChI is InChI=1S/C22H29N3O4S2/c1-4-24(5-2)22(27)17-8-6-10-19(14-17)23-21(26)18-9-7-13-25(15-18)31(28,29)20-12-11-16(3)30-20/h6,8,10-12,14,18H,4-5,7,9,13,15H2,1-3H3,(H,23,26). The number of thiophene rings is 1. The second-order valence-electron chi connectivity index (χ2n) is 7.61. The number of hydrogen-bond acceptors (Lipinski definition) is 5. The molecule has 0 radical (unpaired) electrons. The molecule has 9 heteroatoms. The van der Waals surface area contributed by atoms with E-state index in [0.717, 1.165) is 4.88 Å². The van der Waals surface area contributed by atoms with Crippen molar-refractivity contribution in [2.24, 2.45) is 5.92 Å². The lowest BCUT2D eigenvalue weighted by atomic mass is 9.98. The molecule has 1 aromatic carbocycles. The van der Waals surface area contributed by atoms with Gasteiger partial charge in [-0.2, -0.15) is 4.31 Å². The van der Waals surface area contributed by atoms with E-state index in [-0.39, 0.29) is 18.4 Å². The van der Waals surface area contributed by atoms with Gasteiger partial charge in [-0.05, 0) is 63.9 Å². The topological polar surface area (TPSA) is 86.8 Å². The second kappa shape index (κ2) is 9.93. The highest BCUT2D eigenvalue weighted by Gasteiger charge is 2.34. The summed E-state index contributed by atoms with van der Waals surface area (Å²) in [4.78, 5) is 28.1. The van der Waals surface area contributed by atoms with Crippen molar-refractivity contribution in [3.8, 4) is 0 Å². The molecule has 1 fully saturated rings. The molecule has 1 aromatic heterocycles. The lowest BCUT2D eigenvalue weighted by molar-refractivity contribution is -0.120. The zero-order chi connectivity index (χ0) is 22.6. The van der Waals surface area contributed by atoms with Crippen molar-refractivity contribution in [1.82, 2.24) is 9.21 Å². The molecule has 2 amide bonds. The lowest BCUT2D eigenvalue weighted by Gasteiger charge is -2.30. The highest BCUT2D eigenvalue weighted by molar-refractivity contribution is 7.91. The smallest absolute Gasteiger partial charge is 0.253 e. The Morgan fingerprint density at radius 1 is 1.19 bits per heavy atom. The van der Waals surface area contributed by atoms with Gasteiger partial charge in [-0.1, -0.05) is 6.07 Å². The number of anilines is 1. The normalized spacial score (nSPS) is 17.3. The number of amides is 2. The maximum Gasteiger partial charge on any atom is 0.253 e. The summed E-state index contributed by atoms with van der Waals surface area (Å²) in [6.45, 7) is 7.51. The Labute approximate surface area is 188 Å². The van der Waals surface area contributed by atoms with Crippen molar-refractivity contribution in [2.75, 3.05) is 31.5 Å². The largest absolute Gasteiger partial charge is 0.339 e. The summed E-state index contributed by atoms with van der Waals surface area (Å²) in [5.74, 6) is -0.747. The van der Waals surface area contributed by atoms with Gasteiger partial charge in [0.2, 0.25) is 5.91 Å². The van der Waals surface area contributed by atoms with Crippen LogP contribution in [0, 0.1) is 12.8 Å². The molecule has 1 aliphatic heterocycles. The van der Waals surface area contributed by atoms with Gasteiger partial charge in [0.25, 0.3) is 15.9 Å². The van der Waals surface area contributed by atoms with Gasteiger partial charge < -0.3 is 10.2 Å². The van der Waals surface area contributed by atoms with Crippen molar-refractivity contribution in [3.63, 3.8) is 0 Å². The van der Waals surface area contributed by atoms with Crippen molar-refractivity contribution in [3.05, 3.63) is 46.8 Å². The van der Waals surface area contributed by atoms with Crippen LogP contribution in [-0.4, -0.2) is 55.6 Å². The van der Waals surface area contributed by atoms with Gasteiger partial charge in [0, 0.05) is 42.3 Å². The number of hydrogen-bond donors (Lipinski definition) is 1. The first kappa shape index (κ1) is 23.4. The lowest BCUT2D eigenvalue weighted by Crippen LogP contribution is -2.43. The van der Waals surface area contributed by atoms with Crippen LogP contribution < -0.4 is 5.32 Å². The first-order chi connectivity index (χ1) is 14.8. The van der Waals surface area contributed by atoms with Gasteiger partial charge >= 0.3 is 0 Å². The van der Waals surface area contributed by atoms with E-state index in [1.165, 1.54) is 15.6 Å². The zero-order valence-corrected chi connectivity index (χ0v) is 19.8. The molecule has 0 saturated carbocycles. The second-order valence-corrected chi connectivity index (χ2v) is 11.1. The average molecular weight is 464 g/mol. The summed E-state index contributed by atoms with van der Waals surface area (Å²) < 4.78 is 27.6. The Morgan fingerprint density at radius 3 is 2.58 bits per heavy atom. The van der Waals surface area contributed by atoms with Crippen molar-refractivity contribution < 1.29 is 18.0 Å². The summed E-state index contributed by atoms with van der Waals surface area (Å²) in [6, 6.07) is 10.3. The molecule has 2 heterocycles. The predicted octanol–water partition coefficient (Wildman–Crippen LogP) is 3.58. The summed E-state index contributed by atoms with van der Waals surface area (Å²) in [5.41, 5.74) is 1.05. The van der Waals surface area contributed by atoms with Crippen LogP contribution in [-0.2, 0) is 14.8 Å². The molecular formula is C22H29N3O4S2. The van der Waals surface area contributed by atoms with Crippen LogP contribution in [0.4, 0.5) is 5.69 Å². The van der Waals surface area contributed by atoms with E-state index in [4.69, 9.17) is 0 Å². The van der Waals surface area contributed by atoms with Crippen molar-refractivity contribution >= 4 is 38.9 Å². The number of sulfonamides is 1. The van der Waals surface area contributed by atoms with Gasteiger partial charge in [0.1, 0.15) is 4.21 Å². The van der Waals surface area contributed by atoms with Gasteiger partial charge in [0.15, 0.2) is 0 Å². The number of nitrogens with zero attached hydrogens (tertiary/aromatic N) is 2. The monoisotopic (exact) mass is 463 g/mol. The molecular weight excluding hydrogens is 434 g/mol. The first-order valence-corrected chi connectivity index (χ1v) is 12.8. The minimum atomic E-state index is -3.59. The summed E-state index contributed by atoms with van der Waals surface area (Å²) in [5, 5.41) is 2.87. The van der Waals surface area contributed by atoms with E-state index in [0.29, 0.717) is 47.9 Å². The fourth-order valence-corrected chi connectivity index (χ4v) is 6.68. The van der Waals surface area contributed by atoms with Gasteiger partial charge in [-0.15, -0.1) is 11.3 Å². The molecule has 7 nitrogen and oxygen atoms in total. The minimum absolute atomic E-state index is 0.0812. The molecule has 0 spiro atoms. The van der Waals surface area contributed by atoms with E-state index >= 15 is 0 Å². The Bertz CT molecular complexity index is 1040. The molecule has 31 heavy (non-hydrogen) atoms. The number of rotatable bonds is 7. The van der Waals surface area contributed by atoms with Crippen LogP contribution in [0.1, 0.15) is 41.9 Å². The average Bonchev–Trinajstić information content (AvgIpc) is 3.22. The third-order valence-corrected chi connectivity index (χ3v) is 8.83. The Hall–Kier alpha value is -2.23. The van der Waals surface area contributed by atoms with Crippen LogP contribution in [0.3, 0.4) is 0 Å². The quantitative estimate of drug-likeness (QED) is 0.680. The highest BCUT2D eigenvalue weighted by atomic mass is 32.2. The van der Waals surface area contributed by atoms with E-state index in [1.54, 1.807) is 41.3 Å². The molecule has 3 rings (SSSR count). The van der Waals surface area contributed by atoms with Gasteiger partial charge in [0.05, 0.1) is 5.92 Å². The molecule has 0 aliphatic carbocycles. The van der Waals surface area contributed by atoms with Gasteiger partial charge in [-0.3, -0.25) is 9.59 Å². The first-order valence-electron chi connectivity index (χ1n) is 10.5. The number of benzene rings is 1. The SMILES string of the molecule is CCN(CC)C(=O)c1cccc(NC(=O)C2CCCN(S(=O)(=O)c3ccc(C)s3)C2)c1. The van der Waals surface area contributed by atoms with Crippen LogP contribution >= 0.6 is 11.3 Å². The van der Waals surface area contributed by atoms with Crippen LogP contribution in [0.2, 0.25) is 0 Å². The third-order valence-electron chi connectivity index (χ3n) is 5.49. The molecule has 168 valence electrons. The van der Waals surface area contributed by atoms with E-state index in [9.17, 15) is 18.0 Å². The highest BCUT2D eigenvalue weighted by Crippen LogP contribution is 2.28. The van der Waals surface area contributed by atoms with E-state index in [1.807, 2.05) is 20.8 Å². The number of carbonyl (C=O) groups excluding carboxylic acids is 2. The molecule has 1 saturated heterocycles. The Kier molecular flexibility index (Phi) is 7.51. The van der Waals surface area contributed by atoms with E-state index < -0.39 is 15.9 Å². The Balaban J connectivity index is 1.69. The van der Waals surface area contributed by atoms with Crippen molar-refractivity contribution in [2.45, 2.75) is 37.8 Å².